The first-order valence-corrected chi connectivity index (χ1v) is 9.54. The van der Waals surface area contributed by atoms with E-state index in [0.29, 0.717) is 0 Å². The summed E-state index contributed by atoms with van der Waals surface area (Å²) in [6, 6.07) is 2.19. The summed E-state index contributed by atoms with van der Waals surface area (Å²) in [6.45, 7) is 5.28. The van der Waals surface area contributed by atoms with E-state index in [4.69, 9.17) is 0 Å². The van der Waals surface area contributed by atoms with Crippen molar-refractivity contribution in [2.45, 2.75) is 45.4 Å². The van der Waals surface area contributed by atoms with Crippen LogP contribution in [0, 0.1) is 11.8 Å². The highest BCUT2D eigenvalue weighted by Crippen LogP contribution is 2.33. The van der Waals surface area contributed by atoms with Crippen molar-refractivity contribution in [2.24, 2.45) is 11.8 Å². The van der Waals surface area contributed by atoms with E-state index >= 15 is 0 Å². The molecule has 0 bridgehead atoms. The molecule has 122 valence electrons. The molecule has 2 aliphatic rings. The van der Waals surface area contributed by atoms with Gasteiger partial charge in [0.2, 0.25) is 0 Å². The van der Waals surface area contributed by atoms with Crippen molar-refractivity contribution in [3.8, 4) is 0 Å². The van der Waals surface area contributed by atoms with Gasteiger partial charge >= 0.3 is 0 Å². The molecule has 0 aromatic carbocycles. The lowest BCUT2D eigenvalue weighted by molar-refractivity contribution is 0.0692. The quantitative estimate of drug-likeness (QED) is 0.923. The maximum atomic E-state index is 12.7. The van der Waals surface area contributed by atoms with Gasteiger partial charge in [0.25, 0.3) is 5.91 Å². The van der Waals surface area contributed by atoms with E-state index in [9.17, 15) is 4.79 Å². The molecule has 3 nitrogen and oxygen atoms in total. The van der Waals surface area contributed by atoms with Crippen molar-refractivity contribution in [2.75, 3.05) is 26.7 Å². The Morgan fingerprint density at radius 1 is 1.36 bits per heavy atom. The minimum atomic E-state index is 0.277. The average molecular weight is 321 g/mol. The van der Waals surface area contributed by atoms with Crippen molar-refractivity contribution < 1.29 is 4.79 Å². The number of aryl methyl sites for hydroxylation is 1. The second-order valence-corrected chi connectivity index (χ2v) is 8.17. The molecule has 1 atom stereocenters. The van der Waals surface area contributed by atoms with Crippen LogP contribution in [0.3, 0.4) is 0 Å². The average Bonchev–Trinajstić information content (AvgIpc) is 2.95. The van der Waals surface area contributed by atoms with Gasteiger partial charge in [0.05, 0.1) is 4.88 Å². The molecule has 1 aromatic heterocycles. The van der Waals surface area contributed by atoms with E-state index < -0.39 is 0 Å². The number of piperidine rings is 1. The number of nitrogens with zero attached hydrogens (tertiary/aromatic N) is 1. The first-order valence-electron chi connectivity index (χ1n) is 8.73. The van der Waals surface area contributed by atoms with E-state index in [1.807, 2.05) is 7.05 Å². The second kappa shape index (κ2) is 7.14. The van der Waals surface area contributed by atoms with E-state index in [2.05, 4.69) is 23.2 Å². The number of carbonyl (C=O) groups is 1. The summed E-state index contributed by atoms with van der Waals surface area (Å²) in [6.07, 6.45) is 7.17. The highest BCUT2D eigenvalue weighted by atomic mass is 32.1. The number of amides is 1. The molecule has 0 saturated carbocycles. The molecule has 0 radical (unpaired) electrons. The summed E-state index contributed by atoms with van der Waals surface area (Å²) >= 11 is 1.75. The summed E-state index contributed by atoms with van der Waals surface area (Å²) in [7, 11) is 2.01. The summed E-state index contributed by atoms with van der Waals surface area (Å²) in [5, 5.41) is 3.23. The van der Waals surface area contributed by atoms with Crippen LogP contribution in [0.5, 0.6) is 0 Å². The highest BCUT2D eigenvalue weighted by Gasteiger charge is 2.26. The third-order valence-corrected chi connectivity index (χ3v) is 6.47. The number of likely N-dealkylation sites (tertiary alicyclic amines) is 1. The Morgan fingerprint density at radius 3 is 2.86 bits per heavy atom. The lowest BCUT2D eigenvalue weighted by atomic mass is 9.90. The summed E-state index contributed by atoms with van der Waals surface area (Å²) in [4.78, 5) is 17.3. The zero-order valence-corrected chi connectivity index (χ0v) is 14.7. The molecule has 1 amide bonds. The van der Waals surface area contributed by atoms with Crippen LogP contribution in [0.25, 0.3) is 0 Å². The second-order valence-electron chi connectivity index (χ2n) is 7.03. The van der Waals surface area contributed by atoms with Crippen LogP contribution >= 0.6 is 11.3 Å². The van der Waals surface area contributed by atoms with Crippen molar-refractivity contribution in [3.63, 3.8) is 0 Å². The van der Waals surface area contributed by atoms with Gasteiger partial charge in [-0.25, -0.2) is 0 Å². The first kappa shape index (κ1) is 16.0. The third-order valence-electron chi connectivity index (χ3n) is 5.24. The fourth-order valence-corrected chi connectivity index (χ4v) is 4.92. The lowest BCUT2D eigenvalue weighted by Gasteiger charge is -2.31. The molecule has 1 aliphatic heterocycles. The fourth-order valence-electron chi connectivity index (χ4n) is 3.74. The van der Waals surface area contributed by atoms with Crippen LogP contribution in [-0.2, 0) is 12.8 Å². The van der Waals surface area contributed by atoms with Gasteiger partial charge in [-0.1, -0.05) is 6.92 Å². The van der Waals surface area contributed by atoms with Gasteiger partial charge in [0.1, 0.15) is 0 Å². The highest BCUT2D eigenvalue weighted by molar-refractivity contribution is 7.14. The number of hydrogen-bond acceptors (Lipinski definition) is 3. The smallest absolute Gasteiger partial charge is 0.263 e. The van der Waals surface area contributed by atoms with Crippen LogP contribution in [0.15, 0.2) is 6.07 Å². The maximum Gasteiger partial charge on any atom is 0.263 e. The summed E-state index contributed by atoms with van der Waals surface area (Å²) in [5.41, 5.74) is 1.44. The van der Waals surface area contributed by atoms with E-state index in [1.54, 1.807) is 11.3 Å². The Balaban J connectivity index is 1.58. The number of nitrogens with one attached hydrogen (secondary N) is 1. The number of carbonyl (C=O) groups excluding carboxylic acids is 1. The number of fused-ring (bicyclic) bond motifs is 1. The summed E-state index contributed by atoms with van der Waals surface area (Å²) in [5.74, 6) is 1.83. The molecule has 1 aromatic rings. The molecule has 22 heavy (non-hydrogen) atoms. The van der Waals surface area contributed by atoms with Crippen molar-refractivity contribution in [1.29, 1.82) is 0 Å². The predicted octanol–water partition coefficient (Wildman–Crippen LogP) is 3.33. The molecular weight excluding hydrogens is 292 g/mol. The van der Waals surface area contributed by atoms with Gasteiger partial charge in [0.15, 0.2) is 0 Å². The van der Waals surface area contributed by atoms with Crippen molar-refractivity contribution >= 4 is 17.2 Å². The standard InChI is InChI=1S/C18H28N2OS/c1-13-3-4-16-15(11-13)12-17(22-16)18(21)20-9-6-14(7-10-20)5-8-19-2/h12-14,19H,3-11H2,1-2H3. The molecule has 0 spiro atoms. The fraction of sp³-hybridized carbons (Fsp3) is 0.722. The minimum absolute atomic E-state index is 0.277. The van der Waals surface area contributed by atoms with Crippen molar-refractivity contribution in [1.82, 2.24) is 10.2 Å². The normalized spacial score (nSPS) is 22.6. The molecule has 1 N–H and O–H groups in total. The van der Waals surface area contributed by atoms with Crippen LogP contribution in [0.2, 0.25) is 0 Å². The van der Waals surface area contributed by atoms with Gasteiger partial charge in [-0.05, 0) is 75.6 Å². The minimum Gasteiger partial charge on any atom is -0.338 e. The SMILES string of the molecule is CNCCC1CCN(C(=O)c2cc3c(s2)CCC(C)C3)CC1. The Labute approximate surface area is 138 Å². The van der Waals surface area contributed by atoms with Gasteiger partial charge in [-0.3, -0.25) is 4.79 Å². The van der Waals surface area contributed by atoms with Gasteiger partial charge in [0, 0.05) is 18.0 Å². The molecule has 1 fully saturated rings. The molecule has 3 rings (SSSR count). The van der Waals surface area contributed by atoms with Crippen LogP contribution in [-0.4, -0.2) is 37.5 Å². The van der Waals surface area contributed by atoms with Crippen LogP contribution in [0.4, 0.5) is 0 Å². The van der Waals surface area contributed by atoms with Gasteiger partial charge in [-0.2, -0.15) is 0 Å². The van der Waals surface area contributed by atoms with Crippen molar-refractivity contribution in [3.05, 3.63) is 21.4 Å². The lowest BCUT2D eigenvalue weighted by Crippen LogP contribution is -2.38. The number of hydrogen-bond donors (Lipinski definition) is 1. The molecular formula is C18H28N2OS. The Bertz CT molecular complexity index is 517. The first-order chi connectivity index (χ1) is 10.7. The Hall–Kier alpha value is -0.870. The number of thiophene rings is 1. The van der Waals surface area contributed by atoms with E-state index in [0.717, 1.165) is 55.6 Å². The van der Waals surface area contributed by atoms with Gasteiger partial charge < -0.3 is 10.2 Å². The summed E-state index contributed by atoms with van der Waals surface area (Å²) < 4.78 is 0. The monoisotopic (exact) mass is 320 g/mol. The molecule has 1 aliphatic carbocycles. The van der Waals surface area contributed by atoms with E-state index in [1.165, 1.54) is 29.7 Å². The molecule has 1 saturated heterocycles. The molecule has 4 heteroatoms. The van der Waals surface area contributed by atoms with E-state index in [-0.39, 0.29) is 5.91 Å². The Morgan fingerprint density at radius 2 is 2.14 bits per heavy atom. The van der Waals surface area contributed by atoms with Crippen LogP contribution in [0.1, 0.15) is 52.7 Å². The molecule has 2 heterocycles. The Kier molecular flexibility index (Phi) is 5.19. The van der Waals surface area contributed by atoms with Gasteiger partial charge in [-0.15, -0.1) is 11.3 Å². The predicted molar refractivity (Wildman–Crippen MR) is 92.7 cm³/mol. The maximum absolute atomic E-state index is 12.7. The zero-order valence-electron chi connectivity index (χ0n) is 13.9. The third kappa shape index (κ3) is 3.54. The zero-order chi connectivity index (χ0) is 15.5. The topological polar surface area (TPSA) is 32.3 Å². The van der Waals surface area contributed by atoms with Crippen LogP contribution < -0.4 is 5.32 Å². The molecule has 1 unspecified atom stereocenters. The number of rotatable bonds is 4. The largest absolute Gasteiger partial charge is 0.338 e.